The number of pyridine rings is 1. The third-order valence-corrected chi connectivity index (χ3v) is 6.29. The highest BCUT2D eigenvalue weighted by Crippen LogP contribution is 2.39. The van der Waals surface area contributed by atoms with E-state index in [0.717, 1.165) is 11.1 Å². The standard InChI is InChI=1S/C27H18ClFN2O4/c28-22-8-4-9-23(29)21(22)14-17-11-12-20-25(19-7-1-2-10-24(19)30-26(17)20)27(32)35-15-16-5-3-6-18(13-16)31(33)34/h1-10,13-14H,11-12,15H2. The quantitative estimate of drug-likeness (QED) is 0.176. The minimum absolute atomic E-state index is 0.0737. The van der Waals surface area contributed by atoms with Crippen LogP contribution in [0, 0.1) is 15.9 Å². The molecule has 174 valence electrons. The molecule has 0 bridgehead atoms. The van der Waals surface area contributed by atoms with Crippen LogP contribution in [-0.4, -0.2) is 15.9 Å². The Morgan fingerprint density at radius 2 is 1.91 bits per heavy atom. The van der Waals surface area contributed by atoms with Crippen molar-refractivity contribution in [2.75, 3.05) is 0 Å². The number of ether oxygens (including phenoxy) is 1. The first-order chi connectivity index (χ1) is 16.9. The molecule has 0 atom stereocenters. The van der Waals surface area contributed by atoms with Crippen molar-refractivity contribution in [1.29, 1.82) is 0 Å². The van der Waals surface area contributed by atoms with Gasteiger partial charge in [0.25, 0.3) is 5.69 Å². The lowest BCUT2D eigenvalue weighted by Crippen LogP contribution is -2.10. The Bertz CT molecular complexity index is 1510. The topological polar surface area (TPSA) is 82.3 Å². The van der Waals surface area contributed by atoms with Crippen LogP contribution in [-0.2, 0) is 17.8 Å². The third-order valence-electron chi connectivity index (χ3n) is 5.96. The fourth-order valence-corrected chi connectivity index (χ4v) is 4.53. The van der Waals surface area contributed by atoms with Gasteiger partial charge >= 0.3 is 5.97 Å². The molecule has 1 aliphatic carbocycles. The maximum atomic E-state index is 14.4. The van der Waals surface area contributed by atoms with Crippen LogP contribution in [0.25, 0.3) is 22.6 Å². The molecular weight excluding hydrogens is 471 g/mol. The maximum absolute atomic E-state index is 14.4. The average molecular weight is 489 g/mol. The van der Waals surface area contributed by atoms with Crippen LogP contribution < -0.4 is 0 Å². The molecule has 35 heavy (non-hydrogen) atoms. The molecule has 1 aromatic heterocycles. The third kappa shape index (κ3) is 4.38. The number of nitro benzene ring substituents is 1. The van der Waals surface area contributed by atoms with Crippen molar-refractivity contribution >= 4 is 45.8 Å². The average Bonchev–Trinajstić information content (AvgIpc) is 3.25. The summed E-state index contributed by atoms with van der Waals surface area (Å²) in [7, 11) is 0. The highest BCUT2D eigenvalue weighted by molar-refractivity contribution is 6.32. The van der Waals surface area contributed by atoms with Gasteiger partial charge in [-0.1, -0.05) is 48.0 Å². The van der Waals surface area contributed by atoms with Crippen LogP contribution >= 0.6 is 11.6 Å². The zero-order valence-electron chi connectivity index (χ0n) is 18.3. The van der Waals surface area contributed by atoms with Gasteiger partial charge in [0.2, 0.25) is 0 Å². The summed E-state index contributed by atoms with van der Waals surface area (Å²) >= 11 is 6.22. The van der Waals surface area contributed by atoms with Gasteiger partial charge < -0.3 is 4.74 Å². The molecule has 0 aliphatic heterocycles. The number of rotatable bonds is 5. The van der Waals surface area contributed by atoms with Crippen molar-refractivity contribution in [3.63, 3.8) is 0 Å². The number of hydrogen-bond acceptors (Lipinski definition) is 5. The SMILES string of the molecule is O=C(OCc1cccc([N+](=O)[O-])c1)c1c2c(nc3ccccc13)C(=Cc1c(F)cccc1Cl)CC2. The number of hydrogen-bond donors (Lipinski definition) is 0. The van der Waals surface area contributed by atoms with E-state index in [1.165, 1.54) is 18.2 Å². The molecule has 1 aliphatic rings. The number of carbonyl (C=O) groups excluding carboxylic acids is 1. The van der Waals surface area contributed by atoms with Crippen molar-refractivity contribution in [3.05, 3.63) is 116 Å². The smallest absolute Gasteiger partial charge is 0.339 e. The molecular formula is C27H18ClFN2O4. The van der Waals surface area contributed by atoms with E-state index < -0.39 is 16.7 Å². The number of fused-ring (bicyclic) bond motifs is 2. The molecule has 0 amide bonds. The van der Waals surface area contributed by atoms with Gasteiger partial charge in [0, 0.05) is 23.1 Å². The van der Waals surface area contributed by atoms with Gasteiger partial charge in [0.1, 0.15) is 12.4 Å². The minimum atomic E-state index is -0.545. The maximum Gasteiger partial charge on any atom is 0.339 e. The van der Waals surface area contributed by atoms with Gasteiger partial charge in [0.15, 0.2) is 0 Å². The molecule has 6 nitrogen and oxygen atoms in total. The van der Waals surface area contributed by atoms with Gasteiger partial charge in [-0.3, -0.25) is 10.1 Å². The van der Waals surface area contributed by atoms with E-state index in [0.29, 0.717) is 45.6 Å². The molecule has 0 radical (unpaired) electrons. The monoisotopic (exact) mass is 488 g/mol. The largest absolute Gasteiger partial charge is 0.457 e. The fourth-order valence-electron chi connectivity index (χ4n) is 4.32. The Morgan fingerprint density at radius 1 is 1.11 bits per heavy atom. The fraction of sp³-hybridized carbons (Fsp3) is 0.111. The first-order valence-electron chi connectivity index (χ1n) is 10.9. The van der Waals surface area contributed by atoms with Crippen LogP contribution in [0.3, 0.4) is 0 Å². The van der Waals surface area contributed by atoms with Gasteiger partial charge in [-0.15, -0.1) is 0 Å². The van der Waals surface area contributed by atoms with Crippen molar-refractivity contribution in [2.24, 2.45) is 0 Å². The number of non-ortho nitro benzene ring substituents is 1. The number of esters is 1. The minimum Gasteiger partial charge on any atom is -0.457 e. The van der Waals surface area contributed by atoms with E-state index in [2.05, 4.69) is 0 Å². The number of allylic oxidation sites excluding steroid dienone is 1. The second-order valence-corrected chi connectivity index (χ2v) is 8.55. The van der Waals surface area contributed by atoms with Crippen molar-refractivity contribution < 1.29 is 18.8 Å². The Balaban J connectivity index is 1.54. The van der Waals surface area contributed by atoms with Crippen LogP contribution in [0.15, 0.2) is 66.7 Å². The number of nitro groups is 1. The normalized spacial score (nSPS) is 13.7. The molecule has 3 aromatic carbocycles. The summed E-state index contributed by atoms with van der Waals surface area (Å²) in [6, 6.07) is 17.7. The summed E-state index contributed by atoms with van der Waals surface area (Å²) in [4.78, 5) is 28.6. The van der Waals surface area contributed by atoms with Crippen LogP contribution in [0.4, 0.5) is 10.1 Å². The highest BCUT2D eigenvalue weighted by Gasteiger charge is 2.28. The first-order valence-corrected chi connectivity index (χ1v) is 11.3. The summed E-state index contributed by atoms with van der Waals surface area (Å²) in [6.07, 6.45) is 2.78. The van der Waals surface area contributed by atoms with Gasteiger partial charge in [-0.25, -0.2) is 14.2 Å². The van der Waals surface area contributed by atoms with E-state index in [9.17, 15) is 19.3 Å². The Labute approximate surface area is 204 Å². The molecule has 0 saturated heterocycles. The van der Waals surface area contributed by atoms with E-state index in [4.69, 9.17) is 21.3 Å². The molecule has 0 N–H and O–H groups in total. The Kier molecular flexibility index (Phi) is 6.01. The second-order valence-electron chi connectivity index (χ2n) is 8.14. The molecule has 5 rings (SSSR count). The van der Waals surface area contributed by atoms with Crippen LogP contribution in [0.2, 0.25) is 5.02 Å². The van der Waals surface area contributed by atoms with E-state index in [1.807, 2.05) is 18.2 Å². The van der Waals surface area contributed by atoms with E-state index >= 15 is 0 Å². The van der Waals surface area contributed by atoms with E-state index in [1.54, 1.807) is 36.4 Å². The summed E-state index contributed by atoms with van der Waals surface area (Å²) in [5.74, 6) is -0.979. The number of carbonyl (C=O) groups is 1. The molecule has 0 unspecified atom stereocenters. The van der Waals surface area contributed by atoms with Crippen molar-refractivity contribution in [2.45, 2.75) is 19.4 Å². The predicted molar refractivity (Wildman–Crippen MR) is 132 cm³/mol. The lowest BCUT2D eigenvalue weighted by molar-refractivity contribution is -0.384. The number of aromatic nitrogens is 1. The van der Waals surface area contributed by atoms with Gasteiger partial charge in [0.05, 0.1) is 26.7 Å². The summed E-state index contributed by atoms with van der Waals surface area (Å²) in [5.41, 5.74) is 3.86. The van der Waals surface area contributed by atoms with Crippen LogP contribution in [0.1, 0.15) is 39.2 Å². The highest BCUT2D eigenvalue weighted by atomic mass is 35.5. The number of halogens is 2. The second kappa shape index (κ2) is 9.27. The Hall–Kier alpha value is -4.10. The molecule has 1 heterocycles. The molecule has 8 heteroatoms. The van der Waals surface area contributed by atoms with Crippen molar-refractivity contribution in [1.82, 2.24) is 4.98 Å². The Morgan fingerprint density at radius 3 is 2.71 bits per heavy atom. The summed E-state index contributed by atoms with van der Waals surface area (Å²) < 4.78 is 20.0. The van der Waals surface area contributed by atoms with E-state index in [-0.39, 0.29) is 17.9 Å². The van der Waals surface area contributed by atoms with Crippen molar-refractivity contribution in [3.8, 4) is 0 Å². The lowest BCUT2D eigenvalue weighted by Gasteiger charge is -2.12. The van der Waals surface area contributed by atoms with Gasteiger partial charge in [-0.2, -0.15) is 0 Å². The van der Waals surface area contributed by atoms with Gasteiger partial charge in [-0.05, 0) is 53.8 Å². The predicted octanol–water partition coefficient (Wildman–Crippen LogP) is 6.78. The zero-order chi connectivity index (χ0) is 24.5. The molecule has 0 saturated carbocycles. The number of benzene rings is 3. The molecule has 0 fully saturated rings. The molecule has 4 aromatic rings. The summed E-state index contributed by atoms with van der Waals surface area (Å²) in [6.45, 7) is -0.112. The first kappa shape index (κ1) is 22.7. The summed E-state index contributed by atoms with van der Waals surface area (Å²) in [5, 5.41) is 12.0. The number of para-hydroxylation sites is 1. The zero-order valence-corrected chi connectivity index (χ0v) is 19.1. The van der Waals surface area contributed by atoms with Crippen LogP contribution in [0.5, 0.6) is 0 Å². The number of nitrogens with zero attached hydrogens (tertiary/aromatic N) is 2. The molecule has 0 spiro atoms. The lowest BCUT2D eigenvalue weighted by atomic mass is 10.0.